The summed E-state index contributed by atoms with van der Waals surface area (Å²) in [5, 5.41) is 11.4. The molecule has 0 saturated heterocycles. The van der Waals surface area contributed by atoms with Crippen molar-refractivity contribution in [2.75, 3.05) is 12.4 Å². The van der Waals surface area contributed by atoms with Gasteiger partial charge in [-0.15, -0.1) is 0 Å². The van der Waals surface area contributed by atoms with Gasteiger partial charge in [0, 0.05) is 26.2 Å². The predicted octanol–water partition coefficient (Wildman–Crippen LogP) is 1.75. The molecule has 0 aliphatic carbocycles. The molecule has 0 saturated carbocycles. The average molecular weight is 222 g/mol. The molecule has 1 aromatic rings. The van der Waals surface area contributed by atoms with Gasteiger partial charge in [0.1, 0.15) is 0 Å². The van der Waals surface area contributed by atoms with Gasteiger partial charge in [-0.3, -0.25) is 4.79 Å². The molecule has 2 amide bonds. The normalized spacial score (nSPS) is 9.62. The van der Waals surface area contributed by atoms with E-state index in [9.17, 15) is 9.59 Å². The Bertz CT molecular complexity index is 404. The Balaban J connectivity index is 2.74. The standard InChI is InChI=1S/C11H14N2O3/c1-8(14)12-10-5-3-4-9(6-10)7-13(2)11(15)16/h3-6H,7H2,1-2H3,(H,12,14)(H,15,16). The quantitative estimate of drug-likeness (QED) is 0.818. The van der Waals surface area contributed by atoms with Crippen LogP contribution in [0.3, 0.4) is 0 Å². The third-order valence-corrected chi connectivity index (χ3v) is 1.99. The number of carboxylic acid groups (broad SMARTS) is 1. The Labute approximate surface area is 93.7 Å². The van der Waals surface area contributed by atoms with Crippen molar-refractivity contribution in [3.05, 3.63) is 29.8 Å². The van der Waals surface area contributed by atoms with E-state index in [2.05, 4.69) is 5.32 Å². The molecule has 0 unspecified atom stereocenters. The highest BCUT2D eigenvalue weighted by Crippen LogP contribution is 2.12. The van der Waals surface area contributed by atoms with Crippen LogP contribution in [0.25, 0.3) is 0 Å². The first-order valence-corrected chi connectivity index (χ1v) is 4.79. The lowest BCUT2D eigenvalue weighted by Gasteiger charge is -2.13. The number of carbonyl (C=O) groups excluding carboxylic acids is 1. The molecule has 0 aliphatic rings. The smallest absolute Gasteiger partial charge is 0.407 e. The second-order valence-corrected chi connectivity index (χ2v) is 3.52. The second-order valence-electron chi connectivity index (χ2n) is 3.52. The summed E-state index contributed by atoms with van der Waals surface area (Å²) in [6.45, 7) is 1.72. The number of hydrogen-bond donors (Lipinski definition) is 2. The topological polar surface area (TPSA) is 69.6 Å². The lowest BCUT2D eigenvalue weighted by atomic mass is 10.2. The zero-order valence-corrected chi connectivity index (χ0v) is 9.23. The zero-order chi connectivity index (χ0) is 12.1. The van der Waals surface area contributed by atoms with Gasteiger partial charge in [-0.1, -0.05) is 12.1 Å². The summed E-state index contributed by atoms with van der Waals surface area (Å²) in [6, 6.07) is 7.09. The van der Waals surface area contributed by atoms with Crippen LogP contribution in [0, 0.1) is 0 Å². The molecule has 0 bridgehead atoms. The van der Waals surface area contributed by atoms with Crippen molar-refractivity contribution in [3.8, 4) is 0 Å². The summed E-state index contributed by atoms with van der Waals surface area (Å²) in [7, 11) is 1.49. The Kier molecular flexibility index (Phi) is 3.88. The van der Waals surface area contributed by atoms with Crippen molar-refractivity contribution in [2.45, 2.75) is 13.5 Å². The van der Waals surface area contributed by atoms with Crippen molar-refractivity contribution in [1.29, 1.82) is 0 Å². The fraction of sp³-hybridized carbons (Fsp3) is 0.273. The van der Waals surface area contributed by atoms with Gasteiger partial charge in [-0.2, -0.15) is 0 Å². The molecule has 0 radical (unpaired) electrons. The summed E-state index contributed by atoms with van der Waals surface area (Å²) in [5.74, 6) is -0.149. The lowest BCUT2D eigenvalue weighted by molar-refractivity contribution is -0.114. The first-order valence-electron chi connectivity index (χ1n) is 4.79. The molecule has 0 heterocycles. The highest BCUT2D eigenvalue weighted by Gasteiger charge is 2.06. The Morgan fingerprint density at radius 2 is 2.12 bits per heavy atom. The number of nitrogens with zero attached hydrogens (tertiary/aromatic N) is 1. The zero-order valence-electron chi connectivity index (χ0n) is 9.23. The van der Waals surface area contributed by atoms with Crippen LogP contribution in [0.15, 0.2) is 24.3 Å². The van der Waals surface area contributed by atoms with Crippen LogP contribution < -0.4 is 5.32 Å². The van der Waals surface area contributed by atoms with Gasteiger partial charge in [-0.25, -0.2) is 4.79 Å². The molecule has 16 heavy (non-hydrogen) atoms. The number of carbonyl (C=O) groups is 2. The molecule has 0 aliphatic heterocycles. The fourth-order valence-corrected chi connectivity index (χ4v) is 1.29. The van der Waals surface area contributed by atoms with Gasteiger partial charge in [0.25, 0.3) is 0 Å². The number of nitrogens with one attached hydrogen (secondary N) is 1. The molecule has 2 N–H and O–H groups in total. The van der Waals surface area contributed by atoms with Crippen molar-refractivity contribution < 1.29 is 14.7 Å². The van der Waals surface area contributed by atoms with Crippen molar-refractivity contribution in [2.24, 2.45) is 0 Å². The van der Waals surface area contributed by atoms with Crippen molar-refractivity contribution in [3.63, 3.8) is 0 Å². The van der Waals surface area contributed by atoms with Crippen LogP contribution in [0.1, 0.15) is 12.5 Å². The first-order chi connectivity index (χ1) is 7.49. The van der Waals surface area contributed by atoms with Crippen LogP contribution in [0.4, 0.5) is 10.5 Å². The summed E-state index contributed by atoms with van der Waals surface area (Å²) < 4.78 is 0. The third-order valence-electron chi connectivity index (χ3n) is 1.99. The van der Waals surface area contributed by atoms with Gasteiger partial charge in [0.2, 0.25) is 5.91 Å². The van der Waals surface area contributed by atoms with E-state index in [1.54, 1.807) is 18.2 Å². The highest BCUT2D eigenvalue weighted by atomic mass is 16.4. The molecule has 86 valence electrons. The van der Waals surface area contributed by atoms with E-state index in [-0.39, 0.29) is 5.91 Å². The predicted molar refractivity (Wildman–Crippen MR) is 60.2 cm³/mol. The maximum atomic E-state index is 10.8. The van der Waals surface area contributed by atoms with Gasteiger partial charge in [-0.05, 0) is 17.7 Å². The molecule has 0 fully saturated rings. The van der Waals surface area contributed by atoms with Crippen LogP contribution in [-0.2, 0) is 11.3 Å². The fourth-order valence-electron chi connectivity index (χ4n) is 1.29. The number of anilines is 1. The maximum absolute atomic E-state index is 10.8. The number of benzene rings is 1. The van der Waals surface area contributed by atoms with Crippen molar-refractivity contribution in [1.82, 2.24) is 4.90 Å². The van der Waals surface area contributed by atoms with E-state index in [1.165, 1.54) is 18.9 Å². The second kappa shape index (κ2) is 5.16. The summed E-state index contributed by atoms with van der Waals surface area (Å²) in [6.07, 6.45) is -0.982. The summed E-state index contributed by atoms with van der Waals surface area (Å²) in [5.41, 5.74) is 1.50. The molecule has 1 rings (SSSR count). The Morgan fingerprint density at radius 3 is 2.69 bits per heavy atom. The number of rotatable bonds is 3. The Morgan fingerprint density at radius 1 is 1.44 bits per heavy atom. The highest BCUT2D eigenvalue weighted by molar-refractivity contribution is 5.88. The average Bonchev–Trinajstić information content (AvgIpc) is 2.16. The molecule has 0 spiro atoms. The number of amides is 2. The molecule has 0 atom stereocenters. The van der Waals surface area contributed by atoms with Crippen molar-refractivity contribution >= 4 is 17.7 Å². The van der Waals surface area contributed by atoms with Gasteiger partial charge in [0.05, 0.1) is 0 Å². The lowest BCUT2D eigenvalue weighted by Crippen LogP contribution is -2.23. The summed E-state index contributed by atoms with van der Waals surface area (Å²) in [4.78, 5) is 22.6. The van der Waals surface area contributed by atoms with Crippen LogP contribution in [-0.4, -0.2) is 29.1 Å². The molecule has 5 nitrogen and oxygen atoms in total. The van der Waals surface area contributed by atoms with Gasteiger partial charge >= 0.3 is 6.09 Å². The van der Waals surface area contributed by atoms with Crippen LogP contribution >= 0.6 is 0 Å². The minimum atomic E-state index is -0.982. The first kappa shape index (κ1) is 12.0. The summed E-state index contributed by atoms with van der Waals surface area (Å²) >= 11 is 0. The third kappa shape index (κ3) is 3.61. The largest absolute Gasteiger partial charge is 0.465 e. The molecular weight excluding hydrogens is 208 g/mol. The Hall–Kier alpha value is -2.04. The molecule has 5 heteroatoms. The van der Waals surface area contributed by atoms with Crippen LogP contribution in [0.2, 0.25) is 0 Å². The maximum Gasteiger partial charge on any atom is 0.407 e. The number of hydrogen-bond acceptors (Lipinski definition) is 2. The molecule has 0 aromatic heterocycles. The van der Waals surface area contributed by atoms with Gasteiger partial charge < -0.3 is 15.3 Å². The van der Waals surface area contributed by atoms with E-state index in [1.807, 2.05) is 6.07 Å². The van der Waals surface area contributed by atoms with E-state index in [0.29, 0.717) is 12.2 Å². The van der Waals surface area contributed by atoms with E-state index < -0.39 is 6.09 Å². The molecular formula is C11H14N2O3. The SMILES string of the molecule is CC(=O)Nc1cccc(CN(C)C(=O)O)c1. The monoisotopic (exact) mass is 222 g/mol. The van der Waals surface area contributed by atoms with Crippen LogP contribution in [0.5, 0.6) is 0 Å². The van der Waals surface area contributed by atoms with E-state index >= 15 is 0 Å². The minimum Gasteiger partial charge on any atom is -0.465 e. The minimum absolute atomic E-state index is 0.149. The van der Waals surface area contributed by atoms with Gasteiger partial charge in [0.15, 0.2) is 0 Å². The van der Waals surface area contributed by atoms with E-state index in [4.69, 9.17) is 5.11 Å². The van der Waals surface area contributed by atoms with E-state index in [0.717, 1.165) is 5.56 Å². The molecule has 1 aromatic carbocycles.